The first kappa shape index (κ1) is 10.3. The van der Waals surface area contributed by atoms with Crippen LogP contribution < -0.4 is 0 Å². The van der Waals surface area contributed by atoms with Crippen LogP contribution in [0.25, 0.3) is 6.08 Å². The maximum absolute atomic E-state index is 2.53. The molecule has 1 aromatic rings. The Bertz CT molecular complexity index is 382. The molecule has 1 atom stereocenters. The molecule has 0 nitrogen and oxygen atoms in total. The van der Waals surface area contributed by atoms with Crippen molar-refractivity contribution in [1.29, 1.82) is 0 Å². The van der Waals surface area contributed by atoms with Crippen LogP contribution in [0.5, 0.6) is 0 Å². The van der Waals surface area contributed by atoms with Gasteiger partial charge < -0.3 is 0 Å². The van der Waals surface area contributed by atoms with Gasteiger partial charge in [-0.15, -0.1) is 0 Å². The fourth-order valence-corrected chi connectivity index (χ4v) is 10.2. The second-order valence-corrected chi connectivity index (χ2v) is 20.5. The average Bonchev–Trinajstić information content (AvgIpc) is 2.38. The van der Waals surface area contributed by atoms with E-state index in [1.807, 2.05) is 0 Å². The molecule has 0 aromatic heterocycles. The van der Waals surface area contributed by atoms with Crippen molar-refractivity contribution in [3.63, 3.8) is 0 Å². The molecule has 0 bridgehead atoms. The van der Waals surface area contributed by atoms with Gasteiger partial charge in [0.2, 0.25) is 0 Å². The summed E-state index contributed by atoms with van der Waals surface area (Å²) in [5, 5.41) is 0. The fraction of sp³-hybridized carbons (Fsp3) is 0.385. The summed E-state index contributed by atoms with van der Waals surface area (Å²) in [6, 6.07) is 8.88. The molecule has 0 saturated carbocycles. The molecule has 0 N–H and O–H groups in total. The van der Waals surface area contributed by atoms with Crippen molar-refractivity contribution in [3.05, 3.63) is 41.0 Å². The Morgan fingerprint density at radius 3 is 2.36 bits per heavy atom. The first-order valence-electron chi connectivity index (χ1n) is 5.27. The number of hydrogen-bond donors (Lipinski definition) is 0. The third kappa shape index (κ3) is 1.65. The first-order valence-corrected chi connectivity index (χ1v) is 15.5. The summed E-state index contributed by atoms with van der Waals surface area (Å²) in [5.74, 6) is 0. The molecular formula is C13H18Sn. The number of rotatable bonds is 1. The van der Waals surface area contributed by atoms with Gasteiger partial charge in [0.05, 0.1) is 0 Å². The van der Waals surface area contributed by atoms with E-state index < -0.39 is 18.4 Å². The summed E-state index contributed by atoms with van der Waals surface area (Å²) in [6.45, 7) is 2.30. The molecule has 1 heteroatoms. The quantitative estimate of drug-likeness (QED) is 0.685. The van der Waals surface area contributed by atoms with E-state index in [1.54, 1.807) is 11.1 Å². The Morgan fingerprint density at radius 2 is 1.71 bits per heavy atom. The maximum atomic E-state index is 2.53. The SMILES string of the molecule is CC1=Cc2ccccc2[CH]1[Sn]([CH3])([CH3])[CH3]. The zero-order valence-electron chi connectivity index (χ0n) is 9.46. The van der Waals surface area contributed by atoms with Crippen molar-refractivity contribution in [1.82, 2.24) is 0 Å². The number of hydrogen-bond acceptors (Lipinski definition) is 0. The van der Waals surface area contributed by atoms with Crippen LogP contribution in [0.1, 0.15) is 22.0 Å². The van der Waals surface area contributed by atoms with E-state index in [4.69, 9.17) is 0 Å². The van der Waals surface area contributed by atoms with Crippen LogP contribution in [-0.4, -0.2) is 18.4 Å². The van der Waals surface area contributed by atoms with Crippen LogP contribution in [0.4, 0.5) is 0 Å². The van der Waals surface area contributed by atoms with Gasteiger partial charge in [-0.3, -0.25) is 0 Å². The molecule has 1 unspecified atom stereocenters. The van der Waals surface area contributed by atoms with E-state index in [-0.39, 0.29) is 0 Å². The summed E-state index contributed by atoms with van der Waals surface area (Å²) >= 11 is -1.84. The Morgan fingerprint density at radius 1 is 1.07 bits per heavy atom. The predicted octanol–water partition coefficient (Wildman–Crippen LogP) is 4.06. The second kappa shape index (κ2) is 3.41. The monoisotopic (exact) mass is 294 g/mol. The van der Waals surface area contributed by atoms with Crippen LogP contribution in [0.15, 0.2) is 29.8 Å². The van der Waals surface area contributed by atoms with Crippen molar-refractivity contribution in [2.45, 2.75) is 25.7 Å². The van der Waals surface area contributed by atoms with Gasteiger partial charge in [-0.1, -0.05) is 0 Å². The summed E-state index contributed by atoms with van der Waals surface area (Å²) in [4.78, 5) is 7.58. The topological polar surface area (TPSA) is 0 Å². The Hall–Kier alpha value is -0.241. The molecule has 1 aliphatic rings. The van der Waals surface area contributed by atoms with E-state index in [2.05, 4.69) is 52.1 Å². The van der Waals surface area contributed by atoms with Gasteiger partial charge in [0.25, 0.3) is 0 Å². The molecule has 1 aromatic carbocycles. The normalized spacial score (nSPS) is 20.6. The summed E-state index contributed by atoms with van der Waals surface area (Å²) in [7, 11) is 0. The molecule has 1 aliphatic carbocycles. The number of fused-ring (bicyclic) bond motifs is 1. The van der Waals surface area contributed by atoms with Crippen LogP contribution in [-0.2, 0) is 0 Å². The molecule has 0 spiro atoms. The van der Waals surface area contributed by atoms with Gasteiger partial charge in [-0.25, -0.2) is 0 Å². The van der Waals surface area contributed by atoms with Gasteiger partial charge in [-0.05, 0) is 0 Å². The average molecular weight is 293 g/mol. The molecule has 14 heavy (non-hydrogen) atoms. The van der Waals surface area contributed by atoms with Crippen molar-refractivity contribution in [2.75, 3.05) is 0 Å². The van der Waals surface area contributed by atoms with Crippen molar-refractivity contribution >= 4 is 24.5 Å². The third-order valence-corrected chi connectivity index (χ3v) is 10.1. The molecule has 0 heterocycles. The molecule has 0 radical (unpaired) electrons. The summed E-state index contributed by atoms with van der Waals surface area (Å²) < 4.78 is 0.806. The van der Waals surface area contributed by atoms with Crippen molar-refractivity contribution in [2.24, 2.45) is 0 Å². The fourth-order valence-electron chi connectivity index (χ4n) is 2.63. The molecule has 74 valence electrons. The van der Waals surface area contributed by atoms with Gasteiger partial charge in [0.1, 0.15) is 0 Å². The van der Waals surface area contributed by atoms with Gasteiger partial charge in [-0.2, -0.15) is 0 Å². The molecule has 0 fully saturated rings. The second-order valence-electron chi connectivity index (χ2n) is 5.32. The zero-order chi connectivity index (χ0) is 10.3. The predicted molar refractivity (Wildman–Crippen MR) is 66.2 cm³/mol. The molecular weight excluding hydrogens is 275 g/mol. The van der Waals surface area contributed by atoms with Crippen LogP contribution in [0.2, 0.25) is 14.8 Å². The van der Waals surface area contributed by atoms with Crippen LogP contribution in [0, 0.1) is 0 Å². The molecule has 0 saturated heterocycles. The third-order valence-electron chi connectivity index (χ3n) is 3.01. The van der Waals surface area contributed by atoms with E-state index in [1.165, 1.54) is 5.56 Å². The molecule has 0 amide bonds. The minimum atomic E-state index is -1.84. The standard InChI is InChI=1S/C10H9.3CH3.Sn/c1-8-6-9-4-2-3-5-10(9)7-8;;;;/h2-7H,1H3;3*1H3;. The van der Waals surface area contributed by atoms with Gasteiger partial charge in [0.15, 0.2) is 0 Å². The number of benzene rings is 1. The van der Waals surface area contributed by atoms with Gasteiger partial charge >= 0.3 is 91.1 Å². The Labute approximate surface area is 90.9 Å². The zero-order valence-corrected chi connectivity index (χ0v) is 12.3. The summed E-state index contributed by atoms with van der Waals surface area (Å²) in [5.41, 5.74) is 4.64. The van der Waals surface area contributed by atoms with Crippen molar-refractivity contribution < 1.29 is 0 Å². The first-order chi connectivity index (χ1) is 6.50. The van der Waals surface area contributed by atoms with E-state index in [9.17, 15) is 0 Å². The van der Waals surface area contributed by atoms with E-state index in [0.717, 1.165) is 3.93 Å². The number of allylic oxidation sites excluding steroid dienone is 1. The minimum absolute atomic E-state index is 0.806. The van der Waals surface area contributed by atoms with Crippen LogP contribution in [0.3, 0.4) is 0 Å². The Balaban J connectivity index is 2.52. The van der Waals surface area contributed by atoms with Crippen LogP contribution >= 0.6 is 0 Å². The Kier molecular flexibility index (Phi) is 2.50. The summed E-state index contributed by atoms with van der Waals surface area (Å²) in [6.07, 6.45) is 2.38. The van der Waals surface area contributed by atoms with Gasteiger partial charge in [0, 0.05) is 0 Å². The molecule has 0 aliphatic heterocycles. The molecule has 2 rings (SSSR count). The van der Waals surface area contributed by atoms with E-state index in [0.29, 0.717) is 0 Å². The van der Waals surface area contributed by atoms with E-state index >= 15 is 0 Å². The van der Waals surface area contributed by atoms with Crippen molar-refractivity contribution in [3.8, 4) is 0 Å².